The molecule has 0 radical (unpaired) electrons. The van der Waals surface area contributed by atoms with Crippen molar-refractivity contribution in [1.82, 2.24) is 4.90 Å². The first-order valence-electron chi connectivity index (χ1n) is 8.54. The van der Waals surface area contributed by atoms with Gasteiger partial charge in [-0.05, 0) is 43.2 Å². The first kappa shape index (κ1) is 16.4. The van der Waals surface area contributed by atoms with E-state index in [-0.39, 0.29) is 17.6 Å². The third-order valence-electron chi connectivity index (χ3n) is 4.73. The molecule has 2 aromatic rings. The molecule has 1 aromatic heterocycles. The van der Waals surface area contributed by atoms with Gasteiger partial charge in [0.05, 0.1) is 19.1 Å². The van der Waals surface area contributed by atoms with Crippen LogP contribution in [0.4, 0.5) is 0 Å². The van der Waals surface area contributed by atoms with Gasteiger partial charge in [-0.2, -0.15) is 0 Å². The summed E-state index contributed by atoms with van der Waals surface area (Å²) in [5, 5.41) is 10.4. The molecule has 1 aromatic carbocycles. The van der Waals surface area contributed by atoms with E-state index >= 15 is 0 Å². The molecular weight excluding hydrogens is 338 g/mol. The number of thiophene rings is 1. The standard InChI is InChI=1S/C19H21NO4S/c1-12-2-3-17(25-12)14-8-15-10-20(19(22)13-4-6-23-11-13)5-7-24-18(15)16(21)9-14/h2-3,8-9,13,21H,4-7,10-11H2,1H3/t13-/m0/s1. The number of nitrogens with zero attached hydrogens (tertiary/aromatic N) is 1. The van der Waals surface area contributed by atoms with E-state index in [0.29, 0.717) is 38.7 Å². The molecule has 0 bridgehead atoms. The highest BCUT2D eigenvalue weighted by molar-refractivity contribution is 7.15. The Morgan fingerprint density at radius 2 is 2.20 bits per heavy atom. The van der Waals surface area contributed by atoms with Gasteiger partial charge in [0.2, 0.25) is 5.91 Å². The Hall–Kier alpha value is -2.05. The van der Waals surface area contributed by atoms with Gasteiger partial charge in [0.15, 0.2) is 11.5 Å². The van der Waals surface area contributed by atoms with Gasteiger partial charge in [0.1, 0.15) is 6.61 Å². The maximum atomic E-state index is 12.7. The number of carbonyl (C=O) groups is 1. The van der Waals surface area contributed by atoms with Gasteiger partial charge in [-0.1, -0.05) is 0 Å². The smallest absolute Gasteiger partial charge is 0.228 e. The average Bonchev–Trinajstić information content (AvgIpc) is 3.22. The van der Waals surface area contributed by atoms with Crippen molar-refractivity contribution in [3.05, 3.63) is 34.7 Å². The monoisotopic (exact) mass is 359 g/mol. The number of hydrogen-bond donors (Lipinski definition) is 1. The van der Waals surface area contributed by atoms with E-state index in [1.54, 1.807) is 17.4 Å². The van der Waals surface area contributed by atoms with E-state index in [2.05, 4.69) is 19.1 Å². The molecule has 2 aliphatic rings. The molecule has 6 heteroatoms. The van der Waals surface area contributed by atoms with Gasteiger partial charge < -0.3 is 19.5 Å². The summed E-state index contributed by atoms with van der Waals surface area (Å²) in [5.41, 5.74) is 1.81. The molecule has 0 saturated carbocycles. The van der Waals surface area contributed by atoms with E-state index < -0.39 is 0 Å². The fourth-order valence-corrected chi connectivity index (χ4v) is 4.26. The molecule has 25 heavy (non-hydrogen) atoms. The third kappa shape index (κ3) is 3.24. The lowest BCUT2D eigenvalue weighted by Crippen LogP contribution is -2.37. The van der Waals surface area contributed by atoms with Crippen molar-refractivity contribution in [2.24, 2.45) is 5.92 Å². The zero-order valence-corrected chi connectivity index (χ0v) is 15.0. The largest absolute Gasteiger partial charge is 0.504 e. The first-order valence-corrected chi connectivity index (χ1v) is 9.35. The topological polar surface area (TPSA) is 59.0 Å². The number of fused-ring (bicyclic) bond motifs is 1. The molecule has 0 spiro atoms. The third-order valence-corrected chi connectivity index (χ3v) is 5.78. The normalized spacial score (nSPS) is 20.0. The Morgan fingerprint density at radius 3 is 2.92 bits per heavy atom. The summed E-state index contributed by atoms with van der Waals surface area (Å²) in [6.07, 6.45) is 0.781. The zero-order valence-electron chi connectivity index (χ0n) is 14.2. The summed E-state index contributed by atoms with van der Waals surface area (Å²) in [7, 11) is 0. The molecule has 1 atom stereocenters. The lowest BCUT2D eigenvalue weighted by atomic mass is 10.0. The highest BCUT2D eigenvalue weighted by Gasteiger charge is 2.30. The van der Waals surface area contributed by atoms with Gasteiger partial charge in [-0.25, -0.2) is 0 Å². The van der Waals surface area contributed by atoms with Crippen molar-refractivity contribution in [2.45, 2.75) is 19.9 Å². The second kappa shape index (κ2) is 6.69. The fraction of sp³-hybridized carbons (Fsp3) is 0.421. The van der Waals surface area contributed by atoms with Crippen molar-refractivity contribution in [3.8, 4) is 21.9 Å². The zero-order chi connectivity index (χ0) is 17.4. The van der Waals surface area contributed by atoms with Crippen molar-refractivity contribution >= 4 is 17.2 Å². The highest BCUT2D eigenvalue weighted by atomic mass is 32.1. The molecule has 1 N–H and O–H groups in total. The summed E-state index contributed by atoms with van der Waals surface area (Å²) < 4.78 is 11.1. The number of phenols is 1. The number of aryl methyl sites for hydroxylation is 1. The van der Waals surface area contributed by atoms with Crippen LogP contribution in [-0.4, -0.2) is 42.3 Å². The quantitative estimate of drug-likeness (QED) is 0.895. The molecule has 1 saturated heterocycles. The number of aromatic hydroxyl groups is 1. The highest BCUT2D eigenvalue weighted by Crippen LogP contribution is 2.39. The van der Waals surface area contributed by atoms with Gasteiger partial charge in [-0.15, -0.1) is 11.3 Å². The Balaban J connectivity index is 1.65. The Morgan fingerprint density at radius 1 is 1.32 bits per heavy atom. The van der Waals surface area contributed by atoms with Crippen molar-refractivity contribution in [1.29, 1.82) is 0 Å². The van der Waals surface area contributed by atoms with Crippen LogP contribution in [0.1, 0.15) is 16.9 Å². The average molecular weight is 359 g/mol. The van der Waals surface area contributed by atoms with Gasteiger partial charge in [-0.3, -0.25) is 4.79 Å². The number of amides is 1. The Kier molecular flexibility index (Phi) is 4.39. The van der Waals surface area contributed by atoms with E-state index in [9.17, 15) is 9.90 Å². The van der Waals surface area contributed by atoms with Crippen LogP contribution in [0, 0.1) is 12.8 Å². The number of phenolic OH excluding ortho intramolecular Hbond substituents is 1. The second-order valence-corrected chi connectivity index (χ2v) is 7.85. The van der Waals surface area contributed by atoms with Crippen LogP contribution in [0.5, 0.6) is 11.5 Å². The molecule has 1 fully saturated rings. The van der Waals surface area contributed by atoms with Crippen molar-refractivity contribution < 1.29 is 19.4 Å². The first-order chi connectivity index (χ1) is 12.1. The number of ether oxygens (including phenoxy) is 2. The van der Waals surface area contributed by atoms with Gasteiger partial charge >= 0.3 is 0 Å². The van der Waals surface area contributed by atoms with Crippen molar-refractivity contribution in [2.75, 3.05) is 26.4 Å². The molecule has 4 rings (SSSR count). The van der Waals surface area contributed by atoms with E-state index in [4.69, 9.17) is 9.47 Å². The minimum Gasteiger partial charge on any atom is -0.504 e. The molecule has 132 valence electrons. The maximum absolute atomic E-state index is 12.7. The molecule has 2 aliphatic heterocycles. The number of carbonyl (C=O) groups excluding carboxylic acids is 1. The second-order valence-electron chi connectivity index (χ2n) is 6.56. The van der Waals surface area contributed by atoms with Crippen LogP contribution in [0.25, 0.3) is 10.4 Å². The molecule has 1 amide bonds. The summed E-state index contributed by atoms with van der Waals surface area (Å²) in [5.74, 6) is 0.691. The summed E-state index contributed by atoms with van der Waals surface area (Å²) in [6.45, 7) is 4.58. The number of hydrogen-bond acceptors (Lipinski definition) is 5. The van der Waals surface area contributed by atoms with E-state index in [1.165, 1.54) is 4.88 Å². The lowest BCUT2D eigenvalue weighted by molar-refractivity contribution is -0.136. The maximum Gasteiger partial charge on any atom is 0.228 e. The fourth-order valence-electron chi connectivity index (χ4n) is 3.41. The SMILES string of the molecule is Cc1ccc(-c2cc(O)c3c(c2)CN(C(=O)[C@H]2CCOC2)CCO3)s1. The molecule has 5 nitrogen and oxygen atoms in total. The lowest BCUT2D eigenvalue weighted by Gasteiger charge is -2.22. The Bertz CT molecular complexity index is 795. The summed E-state index contributed by atoms with van der Waals surface area (Å²) >= 11 is 1.68. The van der Waals surface area contributed by atoms with Gasteiger partial charge in [0, 0.05) is 28.5 Å². The summed E-state index contributed by atoms with van der Waals surface area (Å²) in [6, 6.07) is 7.89. The predicted octanol–water partition coefficient (Wildman–Crippen LogP) is 3.19. The van der Waals surface area contributed by atoms with Crippen molar-refractivity contribution in [3.63, 3.8) is 0 Å². The van der Waals surface area contributed by atoms with Gasteiger partial charge in [0.25, 0.3) is 0 Å². The molecule has 0 aliphatic carbocycles. The number of rotatable bonds is 2. The molecular formula is C19H21NO4S. The summed E-state index contributed by atoms with van der Waals surface area (Å²) in [4.78, 5) is 16.9. The van der Waals surface area contributed by atoms with Crippen LogP contribution in [0.2, 0.25) is 0 Å². The van der Waals surface area contributed by atoms with E-state index in [0.717, 1.165) is 22.4 Å². The van der Waals surface area contributed by atoms with Crippen LogP contribution < -0.4 is 4.74 Å². The van der Waals surface area contributed by atoms with E-state index in [1.807, 2.05) is 11.0 Å². The van der Waals surface area contributed by atoms with Crippen LogP contribution >= 0.6 is 11.3 Å². The van der Waals surface area contributed by atoms with Crippen LogP contribution in [-0.2, 0) is 16.1 Å². The molecule has 0 unspecified atom stereocenters. The minimum atomic E-state index is -0.0572. The Labute approximate surface area is 150 Å². The predicted molar refractivity (Wildman–Crippen MR) is 96.0 cm³/mol. The molecule has 3 heterocycles. The van der Waals surface area contributed by atoms with Crippen LogP contribution in [0.15, 0.2) is 24.3 Å². The minimum absolute atomic E-state index is 0.0572. The van der Waals surface area contributed by atoms with Crippen LogP contribution in [0.3, 0.4) is 0 Å². The number of benzene rings is 1.